The Morgan fingerprint density at radius 3 is 1.65 bits per heavy atom. The second-order valence-electron chi connectivity index (χ2n) is 12.1. The zero-order valence-corrected chi connectivity index (χ0v) is 27.3. The van der Waals surface area contributed by atoms with E-state index in [2.05, 4.69) is 164 Å². The molecule has 0 fully saturated rings. The van der Waals surface area contributed by atoms with Crippen molar-refractivity contribution in [3.05, 3.63) is 176 Å². The van der Waals surface area contributed by atoms with Crippen molar-refractivity contribution >= 4 is 32.3 Å². The molecule has 7 aromatic carbocycles. The van der Waals surface area contributed by atoms with E-state index < -0.39 is 0 Å². The first-order chi connectivity index (χ1) is 24.2. The molecule has 49 heavy (non-hydrogen) atoms. The predicted octanol–water partition coefficient (Wildman–Crippen LogP) is 12.2. The van der Waals surface area contributed by atoms with Gasteiger partial charge in [0.1, 0.15) is 5.01 Å². The van der Waals surface area contributed by atoms with Gasteiger partial charge in [-0.15, -0.1) is 11.3 Å². The van der Waals surface area contributed by atoms with Crippen molar-refractivity contribution in [2.24, 2.45) is 0 Å². The van der Waals surface area contributed by atoms with E-state index in [1.807, 2.05) is 12.1 Å². The molecule has 0 aliphatic rings. The van der Waals surface area contributed by atoms with Gasteiger partial charge in [-0.05, 0) is 51.2 Å². The summed E-state index contributed by atoms with van der Waals surface area (Å²) in [5, 5.41) is 3.49. The van der Waals surface area contributed by atoms with Crippen LogP contribution in [0.1, 0.15) is 0 Å². The Labute approximate surface area is 288 Å². The molecule has 0 bridgehead atoms. The van der Waals surface area contributed by atoms with Crippen LogP contribution in [0.3, 0.4) is 0 Å². The van der Waals surface area contributed by atoms with Crippen LogP contribution in [-0.2, 0) is 0 Å². The van der Waals surface area contributed by atoms with E-state index >= 15 is 0 Å². The number of nitrogens with zero attached hydrogens (tertiary/aromatic N) is 3. The van der Waals surface area contributed by atoms with Crippen molar-refractivity contribution in [2.75, 3.05) is 0 Å². The molecule has 0 unspecified atom stereocenters. The fraction of sp³-hybridized carbons (Fsp3) is 0. The summed E-state index contributed by atoms with van der Waals surface area (Å²) in [5.74, 6) is 0.689. The molecule has 9 rings (SSSR count). The molecule has 2 aromatic heterocycles. The minimum Gasteiger partial charge on any atom is -0.236 e. The van der Waals surface area contributed by atoms with Crippen LogP contribution in [0.5, 0.6) is 0 Å². The van der Waals surface area contributed by atoms with Crippen LogP contribution in [0.25, 0.3) is 87.7 Å². The molecule has 0 saturated heterocycles. The van der Waals surface area contributed by atoms with Gasteiger partial charge in [0, 0.05) is 22.3 Å². The summed E-state index contributed by atoms with van der Waals surface area (Å²) < 4.78 is 1.19. The SMILES string of the molecule is c1ccc(-c2ccc(-c3cc(-c4ccc(-c5cccc6ccccc56)cc4)nc(-c4ccc(-c5nc6ccccc6s5)cc4)n3)cc2)cc1. The first-order valence-electron chi connectivity index (χ1n) is 16.4. The molecule has 9 aromatic rings. The Morgan fingerprint density at radius 1 is 0.367 bits per heavy atom. The fourth-order valence-electron chi connectivity index (χ4n) is 6.39. The average Bonchev–Trinajstić information content (AvgIpc) is 3.63. The summed E-state index contributed by atoms with van der Waals surface area (Å²) in [7, 11) is 0. The highest BCUT2D eigenvalue weighted by Crippen LogP contribution is 2.34. The predicted molar refractivity (Wildman–Crippen MR) is 205 cm³/mol. The lowest BCUT2D eigenvalue weighted by atomic mass is 9.97. The average molecular weight is 644 g/mol. The number of benzene rings is 7. The number of fused-ring (bicyclic) bond motifs is 2. The van der Waals surface area contributed by atoms with E-state index in [-0.39, 0.29) is 0 Å². The van der Waals surface area contributed by atoms with Gasteiger partial charge in [-0.2, -0.15) is 0 Å². The van der Waals surface area contributed by atoms with E-state index in [1.165, 1.54) is 37.7 Å². The van der Waals surface area contributed by atoms with Gasteiger partial charge in [0.05, 0.1) is 21.6 Å². The monoisotopic (exact) mass is 643 g/mol. The van der Waals surface area contributed by atoms with Gasteiger partial charge in [0.25, 0.3) is 0 Å². The lowest BCUT2D eigenvalue weighted by Gasteiger charge is -2.11. The molecule has 0 radical (unpaired) electrons. The van der Waals surface area contributed by atoms with E-state index in [1.54, 1.807) is 11.3 Å². The first-order valence-corrected chi connectivity index (χ1v) is 17.2. The summed E-state index contributed by atoms with van der Waals surface area (Å²) in [6, 6.07) is 61.6. The normalized spacial score (nSPS) is 11.3. The Balaban J connectivity index is 1.11. The van der Waals surface area contributed by atoms with E-state index in [9.17, 15) is 0 Å². The van der Waals surface area contributed by atoms with Gasteiger partial charge in [0.15, 0.2) is 5.82 Å². The smallest absolute Gasteiger partial charge is 0.160 e. The van der Waals surface area contributed by atoms with Crippen LogP contribution >= 0.6 is 11.3 Å². The molecular weight excluding hydrogens is 615 g/mol. The summed E-state index contributed by atoms with van der Waals surface area (Å²) in [5.41, 5.74) is 11.7. The topological polar surface area (TPSA) is 38.7 Å². The highest BCUT2D eigenvalue weighted by atomic mass is 32.1. The van der Waals surface area contributed by atoms with Crippen LogP contribution in [0, 0.1) is 0 Å². The molecule has 0 spiro atoms. The van der Waals surface area contributed by atoms with E-state index in [0.717, 1.165) is 44.2 Å². The van der Waals surface area contributed by atoms with Crippen molar-refractivity contribution in [3.63, 3.8) is 0 Å². The maximum Gasteiger partial charge on any atom is 0.160 e. The van der Waals surface area contributed by atoms with Gasteiger partial charge in [0.2, 0.25) is 0 Å². The minimum absolute atomic E-state index is 0.689. The van der Waals surface area contributed by atoms with Crippen LogP contribution in [0.15, 0.2) is 176 Å². The van der Waals surface area contributed by atoms with Gasteiger partial charge >= 0.3 is 0 Å². The van der Waals surface area contributed by atoms with Crippen LogP contribution in [0.4, 0.5) is 0 Å². The molecule has 0 amide bonds. The Hall–Kier alpha value is -6.23. The van der Waals surface area contributed by atoms with Crippen LogP contribution < -0.4 is 0 Å². The summed E-state index contributed by atoms with van der Waals surface area (Å²) in [6.07, 6.45) is 0. The minimum atomic E-state index is 0.689. The van der Waals surface area contributed by atoms with Crippen molar-refractivity contribution in [2.45, 2.75) is 0 Å². The summed E-state index contributed by atoms with van der Waals surface area (Å²) in [6.45, 7) is 0. The van der Waals surface area contributed by atoms with Crippen LogP contribution in [0.2, 0.25) is 0 Å². The largest absolute Gasteiger partial charge is 0.236 e. The standard InChI is InChI=1S/C45H29N3S/c1-2-9-30(10-3-1)31-17-21-34(22-18-31)41-29-42(35-23-19-33(20-24-35)39-14-8-12-32-11-4-5-13-38(32)39)47-44(46-41)36-25-27-37(28-26-36)45-48-40-15-6-7-16-43(40)49-45/h1-29H. The van der Waals surface area contributed by atoms with Crippen molar-refractivity contribution in [1.29, 1.82) is 0 Å². The first kappa shape index (κ1) is 29.0. The van der Waals surface area contributed by atoms with Gasteiger partial charge in [-0.3, -0.25) is 0 Å². The number of rotatable bonds is 6. The highest BCUT2D eigenvalue weighted by Gasteiger charge is 2.13. The number of aromatic nitrogens is 3. The Morgan fingerprint density at radius 2 is 0.918 bits per heavy atom. The number of hydrogen-bond acceptors (Lipinski definition) is 4. The molecular formula is C45H29N3S. The number of thiazole rings is 1. The second kappa shape index (κ2) is 12.4. The maximum atomic E-state index is 5.13. The van der Waals surface area contributed by atoms with E-state index in [4.69, 9.17) is 15.0 Å². The molecule has 0 atom stereocenters. The quantitative estimate of drug-likeness (QED) is 0.181. The molecule has 4 heteroatoms. The fourth-order valence-corrected chi connectivity index (χ4v) is 7.36. The van der Waals surface area contributed by atoms with Crippen molar-refractivity contribution in [3.8, 4) is 66.7 Å². The van der Waals surface area contributed by atoms with Gasteiger partial charge in [-0.1, -0.05) is 158 Å². The zero-order chi connectivity index (χ0) is 32.6. The summed E-state index contributed by atoms with van der Waals surface area (Å²) in [4.78, 5) is 15.1. The number of para-hydroxylation sites is 1. The van der Waals surface area contributed by atoms with Gasteiger partial charge < -0.3 is 0 Å². The maximum absolute atomic E-state index is 5.13. The Bertz CT molecular complexity index is 2530. The summed E-state index contributed by atoms with van der Waals surface area (Å²) >= 11 is 1.71. The molecule has 0 N–H and O–H groups in total. The third kappa shape index (κ3) is 5.69. The third-order valence-corrected chi connectivity index (χ3v) is 10.1. The Kier molecular flexibility index (Phi) is 7.34. The number of hydrogen-bond donors (Lipinski definition) is 0. The molecule has 3 nitrogen and oxygen atoms in total. The lowest BCUT2D eigenvalue weighted by molar-refractivity contribution is 1.18. The molecule has 230 valence electrons. The van der Waals surface area contributed by atoms with Crippen molar-refractivity contribution < 1.29 is 0 Å². The van der Waals surface area contributed by atoms with E-state index in [0.29, 0.717) is 5.82 Å². The lowest BCUT2D eigenvalue weighted by Crippen LogP contribution is -1.96. The highest BCUT2D eigenvalue weighted by molar-refractivity contribution is 7.21. The van der Waals surface area contributed by atoms with Crippen molar-refractivity contribution in [1.82, 2.24) is 15.0 Å². The molecule has 0 aliphatic heterocycles. The molecule has 0 aliphatic carbocycles. The van der Waals surface area contributed by atoms with Gasteiger partial charge in [-0.25, -0.2) is 15.0 Å². The zero-order valence-electron chi connectivity index (χ0n) is 26.5. The third-order valence-electron chi connectivity index (χ3n) is 8.98. The molecule has 2 heterocycles. The van der Waals surface area contributed by atoms with Crippen LogP contribution in [-0.4, -0.2) is 15.0 Å². The second-order valence-corrected chi connectivity index (χ2v) is 13.1. The molecule has 0 saturated carbocycles.